The highest BCUT2D eigenvalue weighted by Crippen LogP contribution is 2.18. The van der Waals surface area contributed by atoms with Crippen molar-refractivity contribution >= 4 is 11.8 Å². The minimum atomic E-state index is -0.196. The molecule has 2 amide bonds. The summed E-state index contributed by atoms with van der Waals surface area (Å²) < 4.78 is 5.14. The fraction of sp³-hybridized carbons (Fsp3) is 0.286. The van der Waals surface area contributed by atoms with Gasteiger partial charge in [0.05, 0.1) is 24.9 Å². The van der Waals surface area contributed by atoms with Crippen LogP contribution in [0.15, 0.2) is 41.4 Å². The highest BCUT2D eigenvalue weighted by Gasteiger charge is 2.36. The first-order valence-corrected chi connectivity index (χ1v) is 6.59. The summed E-state index contributed by atoms with van der Waals surface area (Å²) in [5.74, 6) is 0.253. The Morgan fingerprint density at radius 2 is 2.24 bits per heavy atom. The molecule has 1 fully saturated rings. The molecule has 3 heterocycles. The Hall–Kier alpha value is -2.70. The van der Waals surface area contributed by atoms with E-state index < -0.39 is 0 Å². The van der Waals surface area contributed by atoms with Crippen LogP contribution in [0.2, 0.25) is 0 Å². The van der Waals surface area contributed by atoms with Crippen LogP contribution in [0, 0.1) is 5.92 Å². The highest BCUT2D eigenvalue weighted by atomic mass is 16.3. The Morgan fingerprint density at radius 3 is 2.90 bits per heavy atom. The minimum Gasteiger partial charge on any atom is -0.467 e. The molecule has 0 atom stereocenters. The summed E-state index contributed by atoms with van der Waals surface area (Å²) in [7, 11) is 0. The van der Waals surface area contributed by atoms with Gasteiger partial charge in [0, 0.05) is 25.5 Å². The Kier molecular flexibility index (Phi) is 3.63. The second-order valence-electron chi connectivity index (χ2n) is 4.79. The maximum Gasteiger partial charge on any atom is 0.274 e. The van der Waals surface area contributed by atoms with Crippen LogP contribution in [-0.2, 0) is 11.3 Å². The molecule has 0 spiro atoms. The number of amides is 2. The number of hydrogen-bond donors (Lipinski definition) is 1. The third-order valence-corrected chi connectivity index (χ3v) is 3.34. The van der Waals surface area contributed by atoms with Crippen molar-refractivity contribution in [2.45, 2.75) is 6.54 Å². The Bertz CT molecular complexity index is 621. The predicted molar refractivity (Wildman–Crippen MR) is 72.0 cm³/mol. The van der Waals surface area contributed by atoms with E-state index in [2.05, 4.69) is 15.3 Å². The number of carbonyl (C=O) groups excluding carboxylic acids is 2. The molecule has 1 aliphatic heterocycles. The number of hydrogen-bond acceptors (Lipinski definition) is 5. The molecule has 0 radical (unpaired) electrons. The minimum absolute atomic E-state index is 0.0744. The molecule has 108 valence electrons. The lowest BCUT2D eigenvalue weighted by Crippen LogP contribution is -2.55. The third-order valence-electron chi connectivity index (χ3n) is 3.34. The molecular weight excluding hydrogens is 272 g/mol. The monoisotopic (exact) mass is 286 g/mol. The van der Waals surface area contributed by atoms with Crippen molar-refractivity contribution in [2.75, 3.05) is 13.1 Å². The zero-order valence-corrected chi connectivity index (χ0v) is 11.2. The number of aromatic nitrogens is 2. The molecule has 3 rings (SSSR count). The molecule has 1 aliphatic rings. The largest absolute Gasteiger partial charge is 0.467 e. The SMILES string of the molecule is O=C(NCc1ccco1)C1CN(C(=O)c2cnccn2)C1. The number of rotatable bonds is 4. The van der Waals surface area contributed by atoms with Gasteiger partial charge in [-0.05, 0) is 12.1 Å². The van der Waals surface area contributed by atoms with Crippen LogP contribution in [0.1, 0.15) is 16.2 Å². The van der Waals surface area contributed by atoms with Gasteiger partial charge in [0.2, 0.25) is 5.91 Å². The maximum absolute atomic E-state index is 12.0. The second kappa shape index (κ2) is 5.74. The van der Waals surface area contributed by atoms with Crippen LogP contribution >= 0.6 is 0 Å². The van der Waals surface area contributed by atoms with Crippen LogP contribution in [0.5, 0.6) is 0 Å². The smallest absolute Gasteiger partial charge is 0.274 e. The lowest BCUT2D eigenvalue weighted by Gasteiger charge is -2.37. The molecule has 7 nitrogen and oxygen atoms in total. The van der Waals surface area contributed by atoms with Gasteiger partial charge in [-0.2, -0.15) is 0 Å². The van der Waals surface area contributed by atoms with Crippen molar-refractivity contribution in [3.8, 4) is 0 Å². The van der Waals surface area contributed by atoms with E-state index in [0.717, 1.165) is 0 Å². The van der Waals surface area contributed by atoms with E-state index in [1.165, 1.54) is 18.6 Å². The molecule has 0 saturated carbocycles. The number of furan rings is 1. The number of nitrogens with zero attached hydrogens (tertiary/aromatic N) is 3. The van der Waals surface area contributed by atoms with Gasteiger partial charge in [-0.1, -0.05) is 0 Å². The van der Waals surface area contributed by atoms with Gasteiger partial charge in [-0.3, -0.25) is 14.6 Å². The Balaban J connectivity index is 1.47. The van der Waals surface area contributed by atoms with E-state index >= 15 is 0 Å². The molecule has 2 aromatic heterocycles. The topological polar surface area (TPSA) is 88.3 Å². The van der Waals surface area contributed by atoms with Gasteiger partial charge in [-0.25, -0.2) is 4.98 Å². The average Bonchev–Trinajstić information content (AvgIpc) is 2.97. The van der Waals surface area contributed by atoms with Crippen molar-refractivity contribution in [3.05, 3.63) is 48.4 Å². The zero-order chi connectivity index (χ0) is 14.7. The van der Waals surface area contributed by atoms with Crippen molar-refractivity contribution in [3.63, 3.8) is 0 Å². The van der Waals surface area contributed by atoms with Gasteiger partial charge in [-0.15, -0.1) is 0 Å². The number of nitrogens with one attached hydrogen (secondary N) is 1. The molecule has 0 bridgehead atoms. The van der Waals surface area contributed by atoms with Gasteiger partial charge in [0.15, 0.2) is 0 Å². The molecule has 0 aromatic carbocycles. The molecule has 0 aliphatic carbocycles. The Morgan fingerprint density at radius 1 is 1.38 bits per heavy atom. The van der Waals surface area contributed by atoms with E-state index in [-0.39, 0.29) is 17.7 Å². The van der Waals surface area contributed by atoms with Crippen LogP contribution in [0.25, 0.3) is 0 Å². The van der Waals surface area contributed by atoms with Crippen molar-refractivity contribution < 1.29 is 14.0 Å². The summed E-state index contributed by atoms with van der Waals surface area (Å²) in [6, 6.07) is 3.57. The lowest BCUT2D eigenvalue weighted by atomic mass is 9.98. The normalized spacial score (nSPS) is 14.6. The summed E-state index contributed by atoms with van der Waals surface area (Å²) >= 11 is 0. The van der Waals surface area contributed by atoms with Crippen LogP contribution < -0.4 is 5.32 Å². The third kappa shape index (κ3) is 2.91. The average molecular weight is 286 g/mol. The van der Waals surface area contributed by atoms with Crippen molar-refractivity contribution in [1.29, 1.82) is 0 Å². The highest BCUT2D eigenvalue weighted by molar-refractivity contribution is 5.94. The van der Waals surface area contributed by atoms with Gasteiger partial charge in [0.1, 0.15) is 11.5 Å². The molecule has 0 unspecified atom stereocenters. The van der Waals surface area contributed by atoms with Crippen LogP contribution in [-0.4, -0.2) is 39.8 Å². The van der Waals surface area contributed by atoms with Crippen LogP contribution in [0.3, 0.4) is 0 Å². The predicted octanol–water partition coefficient (Wildman–Crippen LogP) is 0.458. The summed E-state index contributed by atoms with van der Waals surface area (Å²) in [6.45, 7) is 1.17. The Labute approximate surface area is 121 Å². The molecule has 7 heteroatoms. The number of carbonyl (C=O) groups is 2. The summed E-state index contributed by atoms with van der Waals surface area (Å²) in [5.41, 5.74) is 0.298. The van der Waals surface area contributed by atoms with Gasteiger partial charge < -0.3 is 14.6 Å². The summed E-state index contributed by atoms with van der Waals surface area (Å²) in [5, 5.41) is 2.79. The standard InChI is InChI=1S/C14H14N4O3/c19-13(17-6-11-2-1-5-21-11)10-8-18(9-10)14(20)12-7-15-3-4-16-12/h1-5,7,10H,6,8-9H2,(H,17,19). The molecule has 21 heavy (non-hydrogen) atoms. The van der Waals surface area contributed by atoms with E-state index in [1.54, 1.807) is 23.3 Å². The first kappa shape index (κ1) is 13.3. The first-order valence-electron chi connectivity index (χ1n) is 6.59. The fourth-order valence-corrected chi connectivity index (χ4v) is 2.11. The summed E-state index contributed by atoms with van der Waals surface area (Å²) in [4.78, 5) is 33.3. The molecule has 2 aromatic rings. The fourth-order valence-electron chi connectivity index (χ4n) is 2.11. The van der Waals surface area contributed by atoms with Crippen LogP contribution in [0.4, 0.5) is 0 Å². The number of likely N-dealkylation sites (tertiary alicyclic amines) is 1. The molecule has 1 N–H and O–H groups in total. The quantitative estimate of drug-likeness (QED) is 0.882. The van der Waals surface area contributed by atoms with Crippen molar-refractivity contribution in [2.24, 2.45) is 5.92 Å². The molecule has 1 saturated heterocycles. The zero-order valence-electron chi connectivity index (χ0n) is 11.2. The van der Waals surface area contributed by atoms with E-state index in [4.69, 9.17) is 4.42 Å². The second-order valence-corrected chi connectivity index (χ2v) is 4.79. The first-order chi connectivity index (χ1) is 10.2. The lowest BCUT2D eigenvalue weighted by molar-refractivity contribution is -0.129. The van der Waals surface area contributed by atoms with E-state index in [0.29, 0.717) is 31.1 Å². The van der Waals surface area contributed by atoms with Gasteiger partial charge >= 0.3 is 0 Å². The molecular formula is C14H14N4O3. The van der Waals surface area contributed by atoms with E-state index in [9.17, 15) is 9.59 Å². The van der Waals surface area contributed by atoms with Gasteiger partial charge in [0.25, 0.3) is 5.91 Å². The summed E-state index contributed by atoms with van der Waals surface area (Å²) in [6.07, 6.45) is 5.97. The van der Waals surface area contributed by atoms with Crippen molar-refractivity contribution in [1.82, 2.24) is 20.2 Å². The van der Waals surface area contributed by atoms with E-state index in [1.807, 2.05) is 0 Å². The maximum atomic E-state index is 12.0.